The van der Waals surface area contributed by atoms with Crippen molar-refractivity contribution >= 4 is 5.82 Å². The van der Waals surface area contributed by atoms with E-state index in [2.05, 4.69) is 30.2 Å². The van der Waals surface area contributed by atoms with Crippen molar-refractivity contribution in [3.8, 4) is 5.75 Å². The first-order valence-corrected chi connectivity index (χ1v) is 6.02. The number of hydrogen-bond acceptors (Lipinski definition) is 3. The van der Waals surface area contributed by atoms with E-state index in [4.69, 9.17) is 4.74 Å². The molecule has 2 rings (SSSR count). The molecule has 0 spiro atoms. The topological polar surface area (TPSA) is 34.1 Å². The molecule has 0 amide bonds. The Bertz CT molecular complexity index is 521. The first-order chi connectivity index (χ1) is 8.70. The Labute approximate surface area is 108 Å². The zero-order chi connectivity index (χ0) is 13.0. The van der Waals surface area contributed by atoms with Gasteiger partial charge >= 0.3 is 0 Å². The fourth-order valence-electron chi connectivity index (χ4n) is 1.70. The van der Waals surface area contributed by atoms with E-state index in [0.717, 1.165) is 17.1 Å². The summed E-state index contributed by atoms with van der Waals surface area (Å²) in [5, 5.41) is 2.99. The van der Waals surface area contributed by atoms with Crippen molar-refractivity contribution < 1.29 is 4.74 Å². The Kier molecular flexibility index (Phi) is 3.82. The van der Waals surface area contributed by atoms with Crippen LogP contribution in [0.4, 0.5) is 5.82 Å². The molecule has 0 saturated heterocycles. The van der Waals surface area contributed by atoms with Crippen LogP contribution in [0.5, 0.6) is 5.75 Å². The fraction of sp³-hybridized carbons (Fsp3) is 0.267. The van der Waals surface area contributed by atoms with Gasteiger partial charge in [0.05, 0.1) is 0 Å². The molecular weight excluding hydrogens is 224 g/mol. The molecule has 18 heavy (non-hydrogen) atoms. The molecule has 0 fully saturated rings. The van der Waals surface area contributed by atoms with Gasteiger partial charge in [-0.25, -0.2) is 4.98 Å². The molecule has 1 N–H and O–H groups in total. The number of pyridine rings is 1. The predicted molar refractivity (Wildman–Crippen MR) is 74.0 cm³/mol. The van der Waals surface area contributed by atoms with Gasteiger partial charge in [0.1, 0.15) is 18.2 Å². The number of rotatable bonds is 4. The van der Waals surface area contributed by atoms with Crippen molar-refractivity contribution in [1.82, 2.24) is 4.98 Å². The van der Waals surface area contributed by atoms with Crippen molar-refractivity contribution in [2.24, 2.45) is 0 Å². The van der Waals surface area contributed by atoms with Gasteiger partial charge in [-0.3, -0.25) is 0 Å². The molecule has 2 aromatic rings. The van der Waals surface area contributed by atoms with Crippen LogP contribution in [-0.2, 0) is 6.61 Å². The number of aromatic nitrogens is 1. The highest BCUT2D eigenvalue weighted by atomic mass is 16.5. The number of ether oxygens (including phenoxy) is 1. The van der Waals surface area contributed by atoms with Crippen LogP contribution in [0, 0.1) is 13.8 Å². The summed E-state index contributed by atoms with van der Waals surface area (Å²) < 4.78 is 5.82. The Morgan fingerprint density at radius 3 is 2.67 bits per heavy atom. The van der Waals surface area contributed by atoms with Crippen LogP contribution >= 0.6 is 0 Å². The Morgan fingerprint density at radius 1 is 1.17 bits per heavy atom. The van der Waals surface area contributed by atoms with Crippen LogP contribution in [0.2, 0.25) is 0 Å². The molecule has 94 valence electrons. The average molecular weight is 242 g/mol. The zero-order valence-corrected chi connectivity index (χ0v) is 11.0. The smallest absolute Gasteiger partial charge is 0.125 e. The van der Waals surface area contributed by atoms with E-state index in [9.17, 15) is 0 Å². The number of nitrogens with one attached hydrogen (secondary N) is 1. The summed E-state index contributed by atoms with van der Waals surface area (Å²) in [7, 11) is 1.86. The lowest BCUT2D eigenvalue weighted by Gasteiger charge is -2.10. The molecule has 0 bridgehead atoms. The standard InChI is InChI=1S/C15H18N2O/c1-11-5-4-6-14(12(11)2)18-10-13-7-8-15(16-3)17-9-13/h4-9H,10H2,1-3H3,(H,16,17). The van der Waals surface area contributed by atoms with Crippen LogP contribution < -0.4 is 10.1 Å². The second kappa shape index (κ2) is 5.54. The third-order valence-corrected chi connectivity index (χ3v) is 3.03. The highest BCUT2D eigenvalue weighted by Crippen LogP contribution is 2.21. The summed E-state index contributed by atoms with van der Waals surface area (Å²) >= 11 is 0. The van der Waals surface area contributed by atoms with Crippen molar-refractivity contribution in [2.75, 3.05) is 12.4 Å². The highest BCUT2D eigenvalue weighted by molar-refractivity contribution is 5.38. The Balaban J connectivity index is 2.04. The van der Waals surface area contributed by atoms with Gasteiger partial charge in [0.25, 0.3) is 0 Å². The molecule has 0 aliphatic rings. The van der Waals surface area contributed by atoms with Crippen molar-refractivity contribution in [3.63, 3.8) is 0 Å². The minimum atomic E-state index is 0.543. The monoisotopic (exact) mass is 242 g/mol. The summed E-state index contributed by atoms with van der Waals surface area (Å²) in [5.41, 5.74) is 3.50. The van der Waals surface area contributed by atoms with E-state index >= 15 is 0 Å². The molecule has 0 unspecified atom stereocenters. The van der Waals surface area contributed by atoms with Gasteiger partial charge in [0, 0.05) is 18.8 Å². The van der Waals surface area contributed by atoms with E-state index in [1.807, 2.05) is 37.5 Å². The first-order valence-electron chi connectivity index (χ1n) is 6.02. The van der Waals surface area contributed by atoms with Gasteiger partial charge < -0.3 is 10.1 Å². The first kappa shape index (κ1) is 12.4. The maximum atomic E-state index is 5.82. The summed E-state index contributed by atoms with van der Waals surface area (Å²) in [4.78, 5) is 4.26. The van der Waals surface area contributed by atoms with Gasteiger partial charge in [-0.15, -0.1) is 0 Å². The molecule has 1 heterocycles. The number of hydrogen-bond donors (Lipinski definition) is 1. The quantitative estimate of drug-likeness (QED) is 0.893. The lowest BCUT2D eigenvalue weighted by Crippen LogP contribution is -1.99. The normalized spacial score (nSPS) is 10.2. The summed E-state index contributed by atoms with van der Waals surface area (Å²) in [6.07, 6.45) is 1.83. The van der Waals surface area contributed by atoms with E-state index in [1.54, 1.807) is 0 Å². The minimum Gasteiger partial charge on any atom is -0.489 e. The van der Waals surface area contributed by atoms with Crippen molar-refractivity contribution in [2.45, 2.75) is 20.5 Å². The molecule has 0 aliphatic carbocycles. The molecule has 0 saturated carbocycles. The molecular formula is C15H18N2O. The lowest BCUT2D eigenvalue weighted by molar-refractivity contribution is 0.303. The van der Waals surface area contributed by atoms with Gasteiger partial charge in [-0.05, 0) is 37.1 Å². The number of nitrogens with zero attached hydrogens (tertiary/aromatic N) is 1. The highest BCUT2D eigenvalue weighted by Gasteiger charge is 2.02. The maximum Gasteiger partial charge on any atom is 0.125 e. The molecule has 3 nitrogen and oxygen atoms in total. The zero-order valence-electron chi connectivity index (χ0n) is 11.0. The van der Waals surface area contributed by atoms with Gasteiger partial charge in [0.2, 0.25) is 0 Å². The van der Waals surface area contributed by atoms with Crippen LogP contribution in [0.25, 0.3) is 0 Å². The van der Waals surface area contributed by atoms with Crippen molar-refractivity contribution in [1.29, 1.82) is 0 Å². The van der Waals surface area contributed by atoms with E-state index < -0.39 is 0 Å². The molecule has 3 heteroatoms. The molecule has 1 aromatic heterocycles. The number of anilines is 1. The summed E-state index contributed by atoms with van der Waals surface area (Å²) in [5.74, 6) is 1.80. The SMILES string of the molecule is CNc1ccc(COc2cccc(C)c2C)cn1. The van der Waals surface area contributed by atoms with Crippen molar-refractivity contribution in [3.05, 3.63) is 53.2 Å². The number of benzene rings is 1. The largest absolute Gasteiger partial charge is 0.489 e. The lowest BCUT2D eigenvalue weighted by atomic mass is 10.1. The number of aryl methyl sites for hydroxylation is 1. The predicted octanol–water partition coefficient (Wildman–Crippen LogP) is 3.32. The molecule has 0 atom stereocenters. The second-order valence-electron chi connectivity index (χ2n) is 4.29. The minimum absolute atomic E-state index is 0.543. The van der Waals surface area contributed by atoms with Crippen LogP contribution in [0.15, 0.2) is 36.5 Å². The third kappa shape index (κ3) is 2.80. The van der Waals surface area contributed by atoms with E-state index in [0.29, 0.717) is 6.61 Å². The van der Waals surface area contributed by atoms with Crippen LogP contribution in [0.3, 0.4) is 0 Å². The molecule has 0 aliphatic heterocycles. The van der Waals surface area contributed by atoms with E-state index in [-0.39, 0.29) is 0 Å². The van der Waals surface area contributed by atoms with E-state index in [1.165, 1.54) is 11.1 Å². The van der Waals surface area contributed by atoms with Gasteiger partial charge in [0.15, 0.2) is 0 Å². The maximum absolute atomic E-state index is 5.82. The van der Waals surface area contributed by atoms with Gasteiger partial charge in [-0.2, -0.15) is 0 Å². The molecule has 1 aromatic carbocycles. The molecule has 0 radical (unpaired) electrons. The average Bonchev–Trinajstić information content (AvgIpc) is 2.41. The third-order valence-electron chi connectivity index (χ3n) is 3.03. The Hall–Kier alpha value is -2.03. The van der Waals surface area contributed by atoms with Gasteiger partial charge in [-0.1, -0.05) is 18.2 Å². The second-order valence-corrected chi connectivity index (χ2v) is 4.29. The van der Waals surface area contributed by atoms with Crippen LogP contribution in [0.1, 0.15) is 16.7 Å². The fourth-order valence-corrected chi connectivity index (χ4v) is 1.70. The summed E-state index contributed by atoms with van der Waals surface area (Å²) in [6, 6.07) is 10.1. The summed E-state index contributed by atoms with van der Waals surface area (Å²) in [6.45, 7) is 4.71. The van der Waals surface area contributed by atoms with Crippen LogP contribution in [-0.4, -0.2) is 12.0 Å². The Morgan fingerprint density at radius 2 is 2.00 bits per heavy atom.